The van der Waals surface area contributed by atoms with E-state index in [2.05, 4.69) is 11.9 Å². The van der Waals surface area contributed by atoms with Gasteiger partial charge in [0.2, 0.25) is 0 Å². The van der Waals surface area contributed by atoms with E-state index in [4.69, 9.17) is 4.74 Å². The van der Waals surface area contributed by atoms with Crippen molar-refractivity contribution < 1.29 is 9.13 Å². The molecule has 1 atom stereocenters. The Balaban J connectivity index is 2.23. The Hall–Kier alpha value is -1.19. The molecule has 3 heteroatoms. The predicted octanol–water partition coefficient (Wildman–Crippen LogP) is 2.55. The molecule has 1 aromatic rings. The maximum Gasteiger partial charge on any atom is 0.126 e. The van der Waals surface area contributed by atoms with Gasteiger partial charge in [0.05, 0.1) is 13.2 Å². The molecule has 0 heterocycles. The Kier molecular flexibility index (Phi) is 6.51. The average Bonchev–Trinajstić information content (AvgIpc) is 2.32. The van der Waals surface area contributed by atoms with Crippen molar-refractivity contribution in [3.63, 3.8) is 0 Å². The van der Waals surface area contributed by atoms with Crippen molar-refractivity contribution in [2.24, 2.45) is 0 Å². The Morgan fingerprint density at radius 2 is 2.24 bits per heavy atom. The molecule has 0 aliphatic heterocycles. The standard InChI is InChI=1S/C14H20FNO/c1-3-9-17-10-8-16-12(2)11-13-6-4-5-7-14(13)15/h3-7,12,16H,1,8-11H2,2H3. The highest BCUT2D eigenvalue weighted by Gasteiger charge is 2.06. The second-order valence-electron chi connectivity index (χ2n) is 4.01. The van der Waals surface area contributed by atoms with Gasteiger partial charge in [-0.2, -0.15) is 0 Å². The van der Waals surface area contributed by atoms with Crippen LogP contribution in [0.2, 0.25) is 0 Å². The highest BCUT2D eigenvalue weighted by Crippen LogP contribution is 2.08. The summed E-state index contributed by atoms with van der Waals surface area (Å²) in [5.41, 5.74) is 0.750. The van der Waals surface area contributed by atoms with Crippen molar-refractivity contribution in [3.05, 3.63) is 48.3 Å². The number of nitrogens with one attached hydrogen (secondary N) is 1. The van der Waals surface area contributed by atoms with Crippen LogP contribution in [-0.4, -0.2) is 25.8 Å². The van der Waals surface area contributed by atoms with E-state index in [1.54, 1.807) is 12.1 Å². The number of hydrogen-bond acceptors (Lipinski definition) is 2. The first-order valence-corrected chi connectivity index (χ1v) is 5.89. The van der Waals surface area contributed by atoms with Crippen LogP contribution < -0.4 is 5.32 Å². The molecule has 1 N–H and O–H groups in total. The maximum atomic E-state index is 13.4. The van der Waals surface area contributed by atoms with Gasteiger partial charge >= 0.3 is 0 Å². The van der Waals surface area contributed by atoms with E-state index >= 15 is 0 Å². The van der Waals surface area contributed by atoms with Crippen LogP contribution in [0.3, 0.4) is 0 Å². The van der Waals surface area contributed by atoms with Crippen molar-refractivity contribution in [3.8, 4) is 0 Å². The van der Waals surface area contributed by atoms with Gasteiger partial charge in [-0.3, -0.25) is 0 Å². The minimum absolute atomic E-state index is 0.135. The molecule has 94 valence electrons. The molecule has 0 radical (unpaired) electrons. The van der Waals surface area contributed by atoms with Crippen molar-refractivity contribution in [2.45, 2.75) is 19.4 Å². The number of ether oxygens (including phenoxy) is 1. The lowest BCUT2D eigenvalue weighted by molar-refractivity contribution is 0.161. The summed E-state index contributed by atoms with van der Waals surface area (Å²) in [7, 11) is 0. The zero-order chi connectivity index (χ0) is 12.5. The first kappa shape index (κ1) is 13.9. The number of rotatable bonds is 8. The monoisotopic (exact) mass is 237 g/mol. The van der Waals surface area contributed by atoms with Crippen LogP contribution in [0.1, 0.15) is 12.5 Å². The second kappa shape index (κ2) is 7.98. The lowest BCUT2D eigenvalue weighted by atomic mass is 10.1. The van der Waals surface area contributed by atoms with Gasteiger partial charge in [-0.05, 0) is 25.0 Å². The normalized spacial score (nSPS) is 12.4. The molecule has 0 bridgehead atoms. The summed E-state index contributed by atoms with van der Waals surface area (Å²) >= 11 is 0. The summed E-state index contributed by atoms with van der Waals surface area (Å²) in [5.74, 6) is -0.135. The van der Waals surface area contributed by atoms with Crippen LogP contribution >= 0.6 is 0 Å². The maximum absolute atomic E-state index is 13.4. The van der Waals surface area contributed by atoms with E-state index < -0.39 is 0 Å². The van der Waals surface area contributed by atoms with Gasteiger partial charge in [-0.15, -0.1) is 6.58 Å². The van der Waals surface area contributed by atoms with Crippen LogP contribution in [-0.2, 0) is 11.2 Å². The molecule has 0 amide bonds. The Bertz CT molecular complexity index is 341. The minimum Gasteiger partial charge on any atom is -0.376 e. The van der Waals surface area contributed by atoms with Gasteiger partial charge < -0.3 is 10.1 Å². The molecular formula is C14H20FNO. The fourth-order valence-corrected chi connectivity index (χ4v) is 1.61. The first-order chi connectivity index (χ1) is 8.24. The molecule has 1 aromatic carbocycles. The Morgan fingerprint density at radius 3 is 2.94 bits per heavy atom. The van der Waals surface area contributed by atoms with E-state index in [9.17, 15) is 4.39 Å². The van der Waals surface area contributed by atoms with Crippen molar-refractivity contribution in [1.29, 1.82) is 0 Å². The molecular weight excluding hydrogens is 217 g/mol. The second-order valence-corrected chi connectivity index (χ2v) is 4.01. The molecule has 0 spiro atoms. The summed E-state index contributed by atoms with van der Waals surface area (Å²) < 4.78 is 18.6. The first-order valence-electron chi connectivity index (χ1n) is 5.89. The van der Waals surface area contributed by atoms with Gasteiger partial charge in [0, 0.05) is 12.6 Å². The van der Waals surface area contributed by atoms with Crippen LogP contribution in [0.15, 0.2) is 36.9 Å². The summed E-state index contributed by atoms with van der Waals surface area (Å²) in [6, 6.07) is 7.12. The van der Waals surface area contributed by atoms with E-state index in [1.165, 1.54) is 6.07 Å². The zero-order valence-corrected chi connectivity index (χ0v) is 10.3. The largest absolute Gasteiger partial charge is 0.376 e. The van der Waals surface area contributed by atoms with Crippen LogP contribution in [0, 0.1) is 5.82 Å². The molecule has 0 saturated carbocycles. The van der Waals surface area contributed by atoms with Crippen molar-refractivity contribution in [1.82, 2.24) is 5.32 Å². The van der Waals surface area contributed by atoms with Gasteiger partial charge in [-0.25, -0.2) is 4.39 Å². The number of benzene rings is 1. The molecule has 1 rings (SSSR count). The minimum atomic E-state index is -0.135. The fourth-order valence-electron chi connectivity index (χ4n) is 1.61. The molecule has 0 saturated heterocycles. The summed E-state index contributed by atoms with van der Waals surface area (Å²) in [6.45, 7) is 7.60. The topological polar surface area (TPSA) is 21.3 Å². The third-order valence-electron chi connectivity index (χ3n) is 2.46. The lowest BCUT2D eigenvalue weighted by Crippen LogP contribution is -2.31. The quantitative estimate of drug-likeness (QED) is 0.554. The van der Waals surface area contributed by atoms with Gasteiger partial charge in [0.15, 0.2) is 0 Å². The SMILES string of the molecule is C=CCOCCNC(C)Cc1ccccc1F. The van der Waals surface area contributed by atoms with Gasteiger partial charge in [-0.1, -0.05) is 24.3 Å². The number of halogens is 1. The van der Waals surface area contributed by atoms with Gasteiger partial charge in [0.25, 0.3) is 0 Å². The third kappa shape index (κ3) is 5.61. The molecule has 17 heavy (non-hydrogen) atoms. The van der Waals surface area contributed by atoms with Crippen molar-refractivity contribution in [2.75, 3.05) is 19.8 Å². The Labute approximate surface area is 102 Å². The zero-order valence-electron chi connectivity index (χ0n) is 10.3. The lowest BCUT2D eigenvalue weighted by Gasteiger charge is -2.14. The smallest absolute Gasteiger partial charge is 0.126 e. The predicted molar refractivity (Wildman–Crippen MR) is 68.6 cm³/mol. The highest BCUT2D eigenvalue weighted by atomic mass is 19.1. The van der Waals surface area contributed by atoms with E-state index in [1.807, 2.05) is 19.1 Å². The molecule has 0 aromatic heterocycles. The fraction of sp³-hybridized carbons (Fsp3) is 0.429. The van der Waals surface area contributed by atoms with E-state index in [0.717, 1.165) is 12.1 Å². The molecule has 0 aliphatic carbocycles. The van der Waals surface area contributed by atoms with E-state index in [0.29, 0.717) is 19.6 Å². The van der Waals surface area contributed by atoms with Gasteiger partial charge in [0.1, 0.15) is 5.82 Å². The average molecular weight is 237 g/mol. The number of hydrogen-bond donors (Lipinski definition) is 1. The van der Waals surface area contributed by atoms with Crippen LogP contribution in [0.25, 0.3) is 0 Å². The summed E-state index contributed by atoms with van der Waals surface area (Å²) in [5, 5.41) is 3.29. The highest BCUT2D eigenvalue weighted by molar-refractivity contribution is 5.18. The molecule has 2 nitrogen and oxygen atoms in total. The van der Waals surface area contributed by atoms with Crippen LogP contribution in [0.4, 0.5) is 4.39 Å². The molecule has 1 unspecified atom stereocenters. The molecule has 0 aliphatic rings. The third-order valence-corrected chi connectivity index (χ3v) is 2.46. The Morgan fingerprint density at radius 1 is 1.47 bits per heavy atom. The molecule has 0 fully saturated rings. The summed E-state index contributed by atoms with van der Waals surface area (Å²) in [4.78, 5) is 0. The van der Waals surface area contributed by atoms with Crippen molar-refractivity contribution >= 4 is 0 Å². The van der Waals surface area contributed by atoms with Crippen LogP contribution in [0.5, 0.6) is 0 Å². The summed E-state index contributed by atoms with van der Waals surface area (Å²) in [6.07, 6.45) is 2.41. The van der Waals surface area contributed by atoms with E-state index in [-0.39, 0.29) is 11.9 Å².